The Kier molecular flexibility index (Phi) is 6.43. The number of β-amino-alcohol motifs (C(OH)–C–C–N with tert-alkyl or cyclic N) is 1. The van der Waals surface area contributed by atoms with Crippen molar-refractivity contribution in [2.24, 2.45) is 5.92 Å². The van der Waals surface area contributed by atoms with Crippen LogP contribution in [-0.4, -0.2) is 72.9 Å². The van der Waals surface area contributed by atoms with Crippen molar-refractivity contribution < 1.29 is 23.8 Å². The van der Waals surface area contributed by atoms with Crippen LogP contribution in [0.15, 0.2) is 30.5 Å². The molecule has 1 fully saturated rings. The SMILES string of the molecule is O=C1CCc2ccc(F)cc2N1CCN1C[C@H](CNCc2cc3c(cn2)OCCO3)[C@H](O)C1. The number of fused-ring (bicyclic) bond motifs is 2. The quantitative estimate of drug-likeness (QED) is 0.651. The van der Waals surface area contributed by atoms with Crippen molar-refractivity contribution in [3.8, 4) is 11.5 Å². The Labute approximate surface area is 192 Å². The van der Waals surface area contributed by atoms with Gasteiger partial charge in [0.2, 0.25) is 5.91 Å². The van der Waals surface area contributed by atoms with Gasteiger partial charge in [0, 0.05) is 63.4 Å². The van der Waals surface area contributed by atoms with Crippen molar-refractivity contribution in [3.63, 3.8) is 0 Å². The maximum Gasteiger partial charge on any atom is 0.227 e. The monoisotopic (exact) mass is 456 g/mol. The third-order valence-corrected chi connectivity index (χ3v) is 6.57. The number of nitrogens with zero attached hydrogens (tertiary/aromatic N) is 3. The summed E-state index contributed by atoms with van der Waals surface area (Å²) in [4.78, 5) is 20.7. The molecule has 4 heterocycles. The lowest BCUT2D eigenvalue weighted by Gasteiger charge is -2.31. The summed E-state index contributed by atoms with van der Waals surface area (Å²) < 4.78 is 24.9. The van der Waals surface area contributed by atoms with Gasteiger partial charge in [0.1, 0.15) is 19.0 Å². The van der Waals surface area contributed by atoms with Gasteiger partial charge in [-0.05, 0) is 24.1 Å². The van der Waals surface area contributed by atoms with Crippen molar-refractivity contribution in [1.82, 2.24) is 15.2 Å². The van der Waals surface area contributed by atoms with Gasteiger partial charge < -0.3 is 24.8 Å². The predicted octanol–water partition coefficient (Wildman–Crippen LogP) is 1.35. The molecule has 3 aliphatic rings. The number of hydrogen-bond donors (Lipinski definition) is 2. The second-order valence-corrected chi connectivity index (χ2v) is 8.86. The van der Waals surface area contributed by atoms with E-state index in [2.05, 4.69) is 15.2 Å². The average Bonchev–Trinajstić information content (AvgIpc) is 3.17. The second-order valence-electron chi connectivity index (χ2n) is 8.86. The highest BCUT2D eigenvalue weighted by atomic mass is 19.1. The van der Waals surface area contributed by atoms with E-state index in [1.54, 1.807) is 17.2 Å². The van der Waals surface area contributed by atoms with E-state index in [9.17, 15) is 14.3 Å². The van der Waals surface area contributed by atoms with Gasteiger partial charge in [-0.3, -0.25) is 14.7 Å². The molecular weight excluding hydrogens is 427 g/mol. The number of aromatic nitrogens is 1. The topological polar surface area (TPSA) is 87.2 Å². The van der Waals surface area contributed by atoms with Crippen LogP contribution in [0.3, 0.4) is 0 Å². The number of aliphatic hydroxyl groups is 1. The molecule has 1 saturated heterocycles. The van der Waals surface area contributed by atoms with Crippen molar-refractivity contribution >= 4 is 11.6 Å². The minimum atomic E-state index is -0.437. The van der Waals surface area contributed by atoms with Crippen LogP contribution >= 0.6 is 0 Å². The maximum atomic E-state index is 13.8. The molecule has 2 N–H and O–H groups in total. The lowest BCUT2D eigenvalue weighted by molar-refractivity contribution is -0.118. The molecule has 1 aromatic carbocycles. The lowest BCUT2D eigenvalue weighted by atomic mass is 10.0. The molecular formula is C24H29FN4O4. The van der Waals surface area contributed by atoms with Crippen molar-refractivity contribution in [2.45, 2.75) is 25.5 Å². The summed E-state index contributed by atoms with van der Waals surface area (Å²) in [7, 11) is 0. The Morgan fingerprint density at radius 1 is 1.12 bits per heavy atom. The summed E-state index contributed by atoms with van der Waals surface area (Å²) >= 11 is 0. The number of halogens is 1. The van der Waals surface area contributed by atoms with Crippen LogP contribution in [0, 0.1) is 11.7 Å². The van der Waals surface area contributed by atoms with Gasteiger partial charge in [-0.1, -0.05) is 6.07 Å². The molecule has 0 bridgehead atoms. The predicted molar refractivity (Wildman–Crippen MR) is 120 cm³/mol. The Balaban J connectivity index is 1.11. The Morgan fingerprint density at radius 2 is 1.97 bits per heavy atom. The number of ether oxygens (including phenoxy) is 2. The summed E-state index contributed by atoms with van der Waals surface area (Å²) in [6.07, 6.45) is 2.34. The van der Waals surface area contributed by atoms with E-state index in [0.29, 0.717) is 76.0 Å². The molecule has 0 unspecified atom stereocenters. The van der Waals surface area contributed by atoms with E-state index in [1.165, 1.54) is 12.1 Å². The Hall–Kier alpha value is -2.75. The fraction of sp³-hybridized carbons (Fsp3) is 0.500. The molecule has 1 aromatic heterocycles. The van der Waals surface area contributed by atoms with Crippen LogP contribution in [0.1, 0.15) is 17.7 Å². The van der Waals surface area contributed by atoms with Crippen LogP contribution < -0.4 is 19.7 Å². The number of carbonyl (C=O) groups is 1. The number of amides is 1. The number of aliphatic hydroxyl groups excluding tert-OH is 1. The number of hydrogen-bond acceptors (Lipinski definition) is 7. The number of likely N-dealkylation sites (tertiary alicyclic amines) is 1. The smallest absolute Gasteiger partial charge is 0.227 e. The molecule has 33 heavy (non-hydrogen) atoms. The molecule has 176 valence electrons. The third-order valence-electron chi connectivity index (χ3n) is 6.57. The third kappa shape index (κ3) is 4.95. The van der Waals surface area contributed by atoms with Crippen LogP contribution in [0.2, 0.25) is 0 Å². The first kappa shape index (κ1) is 22.1. The molecule has 8 nitrogen and oxygen atoms in total. The standard InChI is InChI=1S/C24H29FN4O4/c25-18-3-1-16-2-4-24(31)29(20(16)9-18)6-5-28-14-17(21(30)15-28)11-26-12-19-10-22-23(13-27-19)33-8-7-32-22/h1,3,9-10,13,17,21,26,30H,2,4-8,11-12,14-15H2/t17-,21+/m0/s1. The highest BCUT2D eigenvalue weighted by molar-refractivity contribution is 5.96. The zero-order chi connectivity index (χ0) is 22.8. The zero-order valence-electron chi connectivity index (χ0n) is 18.5. The van der Waals surface area contributed by atoms with Crippen molar-refractivity contribution in [3.05, 3.63) is 47.5 Å². The first-order chi connectivity index (χ1) is 16.1. The normalized spacial score (nSPS) is 22.5. The van der Waals surface area contributed by atoms with Gasteiger partial charge >= 0.3 is 0 Å². The fourth-order valence-electron chi connectivity index (χ4n) is 4.79. The highest BCUT2D eigenvalue weighted by Crippen LogP contribution is 2.30. The van der Waals surface area contributed by atoms with Crippen LogP contribution in [0.5, 0.6) is 11.5 Å². The first-order valence-electron chi connectivity index (χ1n) is 11.5. The largest absolute Gasteiger partial charge is 0.486 e. The lowest BCUT2D eigenvalue weighted by Crippen LogP contribution is -2.41. The van der Waals surface area contributed by atoms with Gasteiger partial charge in [0.05, 0.1) is 18.0 Å². The van der Waals surface area contributed by atoms with Gasteiger partial charge in [-0.25, -0.2) is 4.39 Å². The average molecular weight is 457 g/mol. The molecule has 1 amide bonds. The number of pyridine rings is 1. The number of nitrogens with one attached hydrogen (secondary N) is 1. The molecule has 0 aliphatic carbocycles. The highest BCUT2D eigenvalue weighted by Gasteiger charge is 2.32. The van der Waals surface area contributed by atoms with Gasteiger partial charge in [-0.15, -0.1) is 0 Å². The van der Waals surface area contributed by atoms with Gasteiger partial charge in [0.15, 0.2) is 11.5 Å². The minimum absolute atomic E-state index is 0.0259. The molecule has 2 aromatic rings. The molecule has 9 heteroatoms. The van der Waals surface area contributed by atoms with E-state index in [0.717, 1.165) is 17.8 Å². The molecule has 0 radical (unpaired) electrons. The number of carbonyl (C=O) groups excluding carboxylic acids is 1. The Bertz CT molecular complexity index is 1020. The first-order valence-corrected chi connectivity index (χ1v) is 11.5. The number of aryl methyl sites for hydroxylation is 1. The minimum Gasteiger partial charge on any atom is -0.486 e. The summed E-state index contributed by atoms with van der Waals surface area (Å²) in [6.45, 7) is 4.74. The van der Waals surface area contributed by atoms with Crippen LogP contribution in [0.25, 0.3) is 0 Å². The van der Waals surface area contributed by atoms with Crippen molar-refractivity contribution in [2.75, 3.05) is 50.8 Å². The number of rotatable bonds is 7. The van der Waals surface area contributed by atoms with Gasteiger partial charge in [0.25, 0.3) is 0 Å². The summed E-state index contributed by atoms with van der Waals surface area (Å²) in [5, 5.41) is 13.9. The molecule has 3 aliphatic heterocycles. The second kappa shape index (κ2) is 9.62. The molecule has 0 spiro atoms. The summed E-state index contributed by atoms with van der Waals surface area (Å²) in [5.41, 5.74) is 2.54. The molecule has 5 rings (SSSR count). The fourth-order valence-corrected chi connectivity index (χ4v) is 4.79. The maximum absolute atomic E-state index is 13.8. The molecule has 0 saturated carbocycles. The number of benzene rings is 1. The van der Waals surface area contributed by atoms with E-state index < -0.39 is 6.10 Å². The van der Waals surface area contributed by atoms with Crippen molar-refractivity contribution in [1.29, 1.82) is 0 Å². The summed E-state index contributed by atoms with van der Waals surface area (Å²) in [5.74, 6) is 1.17. The Morgan fingerprint density at radius 3 is 2.85 bits per heavy atom. The van der Waals surface area contributed by atoms with E-state index in [1.807, 2.05) is 6.07 Å². The number of anilines is 1. The van der Waals surface area contributed by atoms with E-state index in [-0.39, 0.29) is 17.6 Å². The van der Waals surface area contributed by atoms with Gasteiger partial charge in [-0.2, -0.15) is 0 Å². The van der Waals surface area contributed by atoms with Crippen LogP contribution in [0.4, 0.5) is 10.1 Å². The van der Waals surface area contributed by atoms with Crippen LogP contribution in [-0.2, 0) is 17.8 Å². The molecule has 2 atom stereocenters. The van der Waals surface area contributed by atoms with E-state index >= 15 is 0 Å². The zero-order valence-corrected chi connectivity index (χ0v) is 18.5. The van der Waals surface area contributed by atoms with E-state index in [4.69, 9.17) is 9.47 Å². The summed E-state index contributed by atoms with van der Waals surface area (Å²) in [6, 6.07) is 6.54.